The fraction of sp³-hybridized carbons (Fsp3) is 0.167. The Hall–Kier alpha value is -3.62. The quantitative estimate of drug-likeness (QED) is 0.265. The normalized spacial score (nSPS) is 15.3. The number of ether oxygens (including phenoxy) is 2. The van der Waals surface area contributed by atoms with E-state index in [0.717, 1.165) is 0 Å². The Labute approximate surface area is 203 Å². The van der Waals surface area contributed by atoms with E-state index in [-0.39, 0.29) is 41.0 Å². The van der Waals surface area contributed by atoms with Crippen LogP contribution in [0.3, 0.4) is 0 Å². The lowest BCUT2D eigenvalue weighted by atomic mass is 10.1. The van der Waals surface area contributed by atoms with Crippen LogP contribution in [0.1, 0.15) is 27.3 Å². The summed E-state index contributed by atoms with van der Waals surface area (Å²) in [5, 5.41) is 0.519. The zero-order valence-corrected chi connectivity index (χ0v) is 19.0. The second-order valence-electron chi connectivity index (χ2n) is 7.40. The van der Waals surface area contributed by atoms with Crippen molar-refractivity contribution in [2.75, 3.05) is 18.1 Å². The minimum atomic E-state index is -0.737. The van der Waals surface area contributed by atoms with Gasteiger partial charge in [0, 0.05) is 18.5 Å². The van der Waals surface area contributed by atoms with Gasteiger partial charge in [-0.2, -0.15) is 0 Å². The molecule has 34 heavy (non-hydrogen) atoms. The summed E-state index contributed by atoms with van der Waals surface area (Å²) in [7, 11) is 0. The monoisotopic (exact) mass is 501 g/mol. The van der Waals surface area contributed by atoms with Crippen molar-refractivity contribution in [1.82, 2.24) is 0 Å². The van der Waals surface area contributed by atoms with Crippen molar-refractivity contribution >= 4 is 52.5 Å². The summed E-state index contributed by atoms with van der Waals surface area (Å²) >= 11 is 12.2. The Balaban J connectivity index is 1.30. The molecule has 1 atom stereocenters. The maximum Gasteiger partial charge on any atom is 0.379 e. The maximum absolute atomic E-state index is 12.5. The SMILES string of the molecule is O=C(COC(=O)[C@H]1CC(=O)N(c2cccc(Cl)c2Cl)C1)c1ccc(OC(=O)c2ccco2)cc1. The summed E-state index contributed by atoms with van der Waals surface area (Å²) in [6, 6.07) is 13.7. The van der Waals surface area contributed by atoms with Crippen molar-refractivity contribution < 1.29 is 33.1 Å². The molecule has 1 aliphatic heterocycles. The fourth-order valence-corrected chi connectivity index (χ4v) is 3.80. The highest BCUT2D eigenvalue weighted by Gasteiger charge is 2.37. The van der Waals surface area contributed by atoms with Crippen molar-refractivity contribution in [2.24, 2.45) is 5.92 Å². The Bertz CT molecular complexity index is 1240. The van der Waals surface area contributed by atoms with E-state index in [2.05, 4.69) is 0 Å². The van der Waals surface area contributed by atoms with Crippen LogP contribution < -0.4 is 9.64 Å². The van der Waals surface area contributed by atoms with E-state index in [9.17, 15) is 19.2 Å². The van der Waals surface area contributed by atoms with Gasteiger partial charge >= 0.3 is 11.9 Å². The number of hydrogen-bond acceptors (Lipinski definition) is 7. The van der Waals surface area contributed by atoms with Gasteiger partial charge in [0.25, 0.3) is 0 Å². The number of rotatable bonds is 7. The minimum absolute atomic E-state index is 0.0497. The van der Waals surface area contributed by atoms with E-state index in [1.165, 1.54) is 41.5 Å². The van der Waals surface area contributed by atoms with E-state index in [1.807, 2.05) is 0 Å². The lowest BCUT2D eigenvalue weighted by Gasteiger charge is -2.18. The lowest BCUT2D eigenvalue weighted by molar-refractivity contribution is -0.147. The molecule has 0 bridgehead atoms. The van der Waals surface area contributed by atoms with Crippen molar-refractivity contribution in [2.45, 2.75) is 6.42 Å². The van der Waals surface area contributed by atoms with Gasteiger partial charge in [-0.05, 0) is 48.5 Å². The van der Waals surface area contributed by atoms with Crippen LogP contribution in [0.15, 0.2) is 65.3 Å². The van der Waals surface area contributed by atoms with Crippen molar-refractivity contribution in [3.05, 3.63) is 82.2 Å². The van der Waals surface area contributed by atoms with Crippen LogP contribution in [0.2, 0.25) is 10.0 Å². The number of Topliss-reactive ketones (excluding diaryl/α,β-unsaturated/α-hetero) is 1. The van der Waals surface area contributed by atoms with E-state index in [1.54, 1.807) is 24.3 Å². The van der Waals surface area contributed by atoms with Crippen LogP contribution in [0.5, 0.6) is 5.75 Å². The van der Waals surface area contributed by atoms with Gasteiger partial charge in [0.15, 0.2) is 12.4 Å². The first-order chi connectivity index (χ1) is 16.3. The van der Waals surface area contributed by atoms with Crippen LogP contribution in [-0.2, 0) is 14.3 Å². The molecule has 0 radical (unpaired) electrons. The number of amides is 1. The molecular formula is C24H17Cl2NO7. The van der Waals surface area contributed by atoms with Crippen LogP contribution in [-0.4, -0.2) is 36.8 Å². The van der Waals surface area contributed by atoms with Crippen molar-refractivity contribution in [3.63, 3.8) is 0 Å². The molecule has 1 aromatic heterocycles. The number of furan rings is 1. The number of hydrogen-bond donors (Lipinski definition) is 0. The van der Waals surface area contributed by atoms with Gasteiger partial charge in [-0.15, -0.1) is 0 Å². The molecule has 2 heterocycles. The number of anilines is 1. The first kappa shape index (κ1) is 23.5. The number of carbonyl (C=O) groups excluding carboxylic acids is 4. The highest BCUT2D eigenvalue weighted by atomic mass is 35.5. The summed E-state index contributed by atoms with van der Waals surface area (Å²) in [6.45, 7) is -0.422. The van der Waals surface area contributed by atoms with Gasteiger partial charge in [-0.3, -0.25) is 14.4 Å². The van der Waals surface area contributed by atoms with Crippen molar-refractivity contribution in [3.8, 4) is 5.75 Å². The first-order valence-electron chi connectivity index (χ1n) is 10.1. The van der Waals surface area contributed by atoms with Crippen molar-refractivity contribution in [1.29, 1.82) is 0 Å². The van der Waals surface area contributed by atoms with Gasteiger partial charge in [-0.1, -0.05) is 29.3 Å². The molecule has 1 saturated heterocycles. The summed E-state index contributed by atoms with van der Waals surface area (Å²) in [6.07, 6.45) is 1.29. The minimum Gasteiger partial charge on any atom is -0.457 e. The molecule has 4 rings (SSSR count). The molecule has 0 aliphatic carbocycles. The number of halogens is 2. The van der Waals surface area contributed by atoms with Gasteiger partial charge in [0.1, 0.15) is 5.75 Å². The Morgan fingerprint density at radius 1 is 1.03 bits per heavy atom. The van der Waals surface area contributed by atoms with E-state index >= 15 is 0 Å². The maximum atomic E-state index is 12.5. The Kier molecular flexibility index (Phi) is 7.00. The predicted octanol–water partition coefficient (Wildman–Crippen LogP) is 4.58. The van der Waals surface area contributed by atoms with E-state index in [0.29, 0.717) is 10.7 Å². The number of benzene rings is 2. The van der Waals surface area contributed by atoms with Crippen LogP contribution in [0.4, 0.5) is 5.69 Å². The Morgan fingerprint density at radius 3 is 2.50 bits per heavy atom. The molecule has 1 amide bonds. The summed E-state index contributed by atoms with van der Waals surface area (Å²) in [5.74, 6) is -2.54. The van der Waals surface area contributed by atoms with Crippen LogP contribution in [0.25, 0.3) is 0 Å². The molecule has 174 valence electrons. The molecule has 1 fully saturated rings. The lowest BCUT2D eigenvalue weighted by Crippen LogP contribution is -2.27. The number of ketones is 1. The second-order valence-corrected chi connectivity index (χ2v) is 8.19. The number of nitrogens with zero attached hydrogens (tertiary/aromatic N) is 1. The van der Waals surface area contributed by atoms with E-state index in [4.69, 9.17) is 37.1 Å². The topological polar surface area (TPSA) is 103 Å². The van der Waals surface area contributed by atoms with Crippen LogP contribution >= 0.6 is 23.2 Å². The second kappa shape index (κ2) is 10.1. The molecule has 8 nitrogen and oxygen atoms in total. The average Bonchev–Trinajstić information content (AvgIpc) is 3.50. The molecule has 0 unspecified atom stereocenters. The summed E-state index contributed by atoms with van der Waals surface area (Å²) < 4.78 is 15.3. The van der Waals surface area contributed by atoms with Gasteiger partial charge < -0.3 is 18.8 Å². The fourth-order valence-electron chi connectivity index (χ4n) is 3.40. The zero-order chi connectivity index (χ0) is 24.2. The standard InChI is InChI=1S/C24H17Cl2NO7/c25-17-3-1-4-18(22(17)26)27-12-15(11-21(27)29)23(30)33-13-19(28)14-6-8-16(9-7-14)34-24(31)20-5-2-10-32-20/h1-10,15H,11-13H2/t15-/m0/s1. The van der Waals surface area contributed by atoms with Gasteiger partial charge in [0.05, 0.1) is 27.9 Å². The molecule has 0 N–H and O–H groups in total. The average molecular weight is 502 g/mol. The third-order valence-electron chi connectivity index (χ3n) is 5.14. The zero-order valence-electron chi connectivity index (χ0n) is 17.5. The Morgan fingerprint density at radius 2 is 1.79 bits per heavy atom. The number of carbonyl (C=O) groups is 4. The molecular weight excluding hydrogens is 485 g/mol. The molecule has 2 aromatic carbocycles. The number of esters is 2. The highest BCUT2D eigenvalue weighted by Crippen LogP contribution is 2.35. The molecule has 0 spiro atoms. The third-order valence-corrected chi connectivity index (χ3v) is 5.94. The first-order valence-corrected chi connectivity index (χ1v) is 10.9. The third kappa shape index (κ3) is 5.13. The molecule has 3 aromatic rings. The predicted molar refractivity (Wildman–Crippen MR) is 122 cm³/mol. The summed E-state index contributed by atoms with van der Waals surface area (Å²) in [4.78, 5) is 50.5. The summed E-state index contributed by atoms with van der Waals surface area (Å²) in [5.41, 5.74) is 0.679. The molecule has 1 aliphatic rings. The van der Waals surface area contributed by atoms with E-state index < -0.39 is 30.2 Å². The highest BCUT2D eigenvalue weighted by molar-refractivity contribution is 6.44. The van der Waals surface area contributed by atoms with Gasteiger partial charge in [0.2, 0.25) is 11.7 Å². The van der Waals surface area contributed by atoms with Crippen LogP contribution in [0, 0.1) is 5.92 Å². The largest absolute Gasteiger partial charge is 0.457 e. The smallest absolute Gasteiger partial charge is 0.379 e. The molecule has 0 saturated carbocycles. The molecule has 10 heteroatoms. The van der Waals surface area contributed by atoms with Gasteiger partial charge in [-0.25, -0.2) is 4.79 Å².